The normalized spacial score (nSPS) is 14.9. The van der Waals surface area contributed by atoms with Crippen molar-refractivity contribution in [3.63, 3.8) is 0 Å². The Labute approximate surface area is 171 Å². The predicted molar refractivity (Wildman–Crippen MR) is 119 cm³/mol. The molecule has 1 aromatic carbocycles. The summed E-state index contributed by atoms with van der Waals surface area (Å²) in [7, 11) is 0. The molecule has 0 saturated carbocycles. The fourth-order valence-corrected chi connectivity index (χ4v) is 4.05. The van der Waals surface area contributed by atoms with E-state index >= 15 is 0 Å². The summed E-state index contributed by atoms with van der Waals surface area (Å²) in [6.45, 7) is 9.25. The van der Waals surface area contributed by atoms with Crippen LogP contribution in [0.3, 0.4) is 0 Å². The molecule has 0 unspecified atom stereocenters. The standard InChI is InChI=1S/C21H29N5OS/c1-3-22-21(26-14-12-25(13-15-26)20-5-4-16-28-20)23-11-10-18-6-8-19(9-7-18)24-17(2)27/h4-9,16H,3,10-15H2,1-2H3,(H,22,23)(H,24,27). The lowest BCUT2D eigenvalue weighted by Crippen LogP contribution is -2.52. The van der Waals surface area contributed by atoms with Crippen LogP contribution >= 0.6 is 11.3 Å². The Kier molecular flexibility index (Phi) is 7.31. The highest BCUT2D eigenvalue weighted by Gasteiger charge is 2.20. The molecule has 0 atom stereocenters. The van der Waals surface area contributed by atoms with Gasteiger partial charge in [-0.3, -0.25) is 9.79 Å². The molecule has 1 amide bonds. The molecule has 1 saturated heterocycles. The minimum Gasteiger partial charge on any atom is -0.360 e. The molecule has 3 rings (SSSR count). The van der Waals surface area contributed by atoms with Crippen molar-refractivity contribution in [3.05, 3.63) is 47.3 Å². The summed E-state index contributed by atoms with van der Waals surface area (Å²) >= 11 is 1.80. The number of thiophene rings is 1. The molecule has 0 spiro atoms. The molecule has 7 heteroatoms. The van der Waals surface area contributed by atoms with Crippen molar-refractivity contribution in [1.29, 1.82) is 0 Å². The number of carbonyl (C=O) groups excluding carboxylic acids is 1. The topological polar surface area (TPSA) is 60.0 Å². The quantitative estimate of drug-likeness (QED) is 0.579. The number of rotatable bonds is 6. The van der Waals surface area contributed by atoms with Crippen LogP contribution in [-0.4, -0.2) is 56.0 Å². The highest BCUT2D eigenvalue weighted by Crippen LogP contribution is 2.22. The number of hydrogen-bond acceptors (Lipinski definition) is 4. The minimum atomic E-state index is -0.0493. The van der Waals surface area contributed by atoms with Crippen LogP contribution in [0.25, 0.3) is 0 Å². The van der Waals surface area contributed by atoms with E-state index in [-0.39, 0.29) is 5.91 Å². The van der Waals surface area contributed by atoms with Gasteiger partial charge in [0.2, 0.25) is 5.91 Å². The summed E-state index contributed by atoms with van der Waals surface area (Å²) in [6.07, 6.45) is 0.879. The van der Waals surface area contributed by atoms with Crippen molar-refractivity contribution < 1.29 is 4.79 Å². The Balaban J connectivity index is 1.52. The molecule has 1 fully saturated rings. The second-order valence-corrected chi connectivity index (χ2v) is 7.72. The van der Waals surface area contributed by atoms with E-state index < -0.39 is 0 Å². The number of guanidine groups is 1. The minimum absolute atomic E-state index is 0.0493. The van der Waals surface area contributed by atoms with Gasteiger partial charge in [-0.05, 0) is 48.6 Å². The number of piperazine rings is 1. The van der Waals surface area contributed by atoms with Gasteiger partial charge in [0.05, 0.1) is 5.00 Å². The average molecular weight is 400 g/mol. The molecule has 0 radical (unpaired) electrons. The van der Waals surface area contributed by atoms with Crippen LogP contribution < -0.4 is 15.5 Å². The molecule has 1 aliphatic rings. The maximum absolute atomic E-state index is 11.1. The van der Waals surface area contributed by atoms with Gasteiger partial charge in [-0.25, -0.2) is 0 Å². The van der Waals surface area contributed by atoms with E-state index in [1.165, 1.54) is 17.5 Å². The van der Waals surface area contributed by atoms with Gasteiger partial charge < -0.3 is 20.4 Å². The molecular formula is C21H29N5OS. The highest BCUT2D eigenvalue weighted by atomic mass is 32.1. The first-order valence-corrected chi connectivity index (χ1v) is 10.7. The first-order chi connectivity index (χ1) is 13.7. The van der Waals surface area contributed by atoms with Gasteiger partial charge >= 0.3 is 0 Å². The second kappa shape index (κ2) is 10.1. The molecule has 1 aliphatic heterocycles. The molecule has 2 heterocycles. The zero-order chi connectivity index (χ0) is 19.8. The molecule has 2 aromatic rings. The summed E-state index contributed by atoms with van der Waals surface area (Å²) in [6, 6.07) is 12.3. The SMILES string of the molecule is CCNC(=NCCc1ccc(NC(C)=O)cc1)N1CCN(c2cccs2)CC1. The zero-order valence-corrected chi connectivity index (χ0v) is 17.5. The van der Waals surface area contributed by atoms with Crippen molar-refractivity contribution in [2.75, 3.05) is 49.5 Å². The van der Waals surface area contributed by atoms with Gasteiger partial charge in [0.15, 0.2) is 5.96 Å². The third-order valence-electron chi connectivity index (χ3n) is 4.67. The van der Waals surface area contributed by atoms with Crippen molar-refractivity contribution in [1.82, 2.24) is 10.2 Å². The van der Waals surface area contributed by atoms with Crippen LogP contribution in [0.1, 0.15) is 19.4 Å². The lowest BCUT2D eigenvalue weighted by molar-refractivity contribution is -0.114. The van der Waals surface area contributed by atoms with Crippen molar-refractivity contribution >= 4 is 33.9 Å². The molecule has 0 bridgehead atoms. The molecule has 0 aliphatic carbocycles. The van der Waals surface area contributed by atoms with Crippen LogP contribution in [0.2, 0.25) is 0 Å². The summed E-state index contributed by atoms with van der Waals surface area (Å²) < 4.78 is 0. The lowest BCUT2D eigenvalue weighted by Gasteiger charge is -2.37. The number of benzene rings is 1. The Morgan fingerprint density at radius 1 is 1.14 bits per heavy atom. The Morgan fingerprint density at radius 3 is 2.50 bits per heavy atom. The first-order valence-electron chi connectivity index (χ1n) is 9.84. The van der Waals surface area contributed by atoms with E-state index in [1.807, 2.05) is 24.3 Å². The summed E-state index contributed by atoms with van der Waals surface area (Å²) in [5.41, 5.74) is 2.05. The van der Waals surface area contributed by atoms with Crippen LogP contribution in [-0.2, 0) is 11.2 Å². The van der Waals surface area contributed by atoms with Crippen LogP contribution in [0, 0.1) is 0 Å². The van der Waals surface area contributed by atoms with E-state index in [9.17, 15) is 4.79 Å². The molecule has 6 nitrogen and oxygen atoms in total. The number of carbonyl (C=O) groups is 1. The Hall–Kier alpha value is -2.54. The van der Waals surface area contributed by atoms with Gasteiger partial charge in [0.1, 0.15) is 0 Å². The van der Waals surface area contributed by atoms with E-state index in [0.717, 1.165) is 57.3 Å². The van der Waals surface area contributed by atoms with E-state index in [1.54, 1.807) is 11.3 Å². The number of hydrogen-bond donors (Lipinski definition) is 2. The van der Waals surface area contributed by atoms with Crippen molar-refractivity contribution in [2.45, 2.75) is 20.3 Å². The van der Waals surface area contributed by atoms with Crippen LogP contribution in [0.5, 0.6) is 0 Å². The van der Waals surface area contributed by atoms with E-state index in [2.05, 4.69) is 44.9 Å². The van der Waals surface area contributed by atoms with Gasteiger partial charge in [0.25, 0.3) is 0 Å². The van der Waals surface area contributed by atoms with Gasteiger partial charge in [-0.1, -0.05) is 12.1 Å². The van der Waals surface area contributed by atoms with Crippen molar-refractivity contribution in [2.24, 2.45) is 4.99 Å². The van der Waals surface area contributed by atoms with Crippen molar-refractivity contribution in [3.8, 4) is 0 Å². The number of nitrogens with zero attached hydrogens (tertiary/aromatic N) is 3. The third kappa shape index (κ3) is 5.73. The lowest BCUT2D eigenvalue weighted by atomic mass is 10.1. The smallest absolute Gasteiger partial charge is 0.221 e. The predicted octanol–water partition coefficient (Wildman–Crippen LogP) is 3.04. The molecule has 28 heavy (non-hydrogen) atoms. The van der Waals surface area contributed by atoms with Crippen LogP contribution in [0.15, 0.2) is 46.8 Å². The molecular weight excluding hydrogens is 370 g/mol. The number of amides is 1. The Morgan fingerprint density at radius 2 is 1.89 bits per heavy atom. The zero-order valence-electron chi connectivity index (χ0n) is 16.6. The maximum Gasteiger partial charge on any atom is 0.221 e. The second-order valence-electron chi connectivity index (χ2n) is 6.79. The van der Waals surface area contributed by atoms with E-state index in [0.29, 0.717) is 0 Å². The van der Waals surface area contributed by atoms with Gasteiger partial charge in [-0.15, -0.1) is 11.3 Å². The summed E-state index contributed by atoms with van der Waals surface area (Å²) in [5.74, 6) is 0.954. The Bertz CT molecular complexity index is 765. The largest absolute Gasteiger partial charge is 0.360 e. The monoisotopic (exact) mass is 399 g/mol. The summed E-state index contributed by atoms with van der Waals surface area (Å²) in [4.78, 5) is 20.7. The average Bonchev–Trinajstić information content (AvgIpc) is 3.23. The fraction of sp³-hybridized carbons (Fsp3) is 0.429. The first kappa shape index (κ1) is 20.2. The molecule has 150 valence electrons. The van der Waals surface area contributed by atoms with E-state index in [4.69, 9.17) is 4.99 Å². The number of anilines is 2. The maximum atomic E-state index is 11.1. The third-order valence-corrected chi connectivity index (χ3v) is 5.60. The molecule has 2 N–H and O–H groups in total. The molecule has 1 aromatic heterocycles. The number of nitrogens with one attached hydrogen (secondary N) is 2. The van der Waals surface area contributed by atoms with Gasteiger partial charge in [-0.2, -0.15) is 0 Å². The van der Waals surface area contributed by atoms with Crippen LogP contribution in [0.4, 0.5) is 10.7 Å². The fourth-order valence-electron chi connectivity index (χ4n) is 3.26. The highest BCUT2D eigenvalue weighted by molar-refractivity contribution is 7.14. The number of aliphatic imine (C=N–C) groups is 1. The van der Waals surface area contributed by atoms with Gasteiger partial charge in [0, 0.05) is 51.9 Å². The summed E-state index contributed by atoms with van der Waals surface area (Å²) in [5, 5.41) is 9.71.